The molecule has 8 heteroatoms. The molecule has 0 fully saturated rings. The predicted molar refractivity (Wildman–Crippen MR) is 79.2 cm³/mol. The first-order valence-corrected chi connectivity index (χ1v) is 8.30. The fourth-order valence-electron chi connectivity index (χ4n) is 1.78. The largest absolute Gasteiger partial charge is 0.478 e. The quantitative estimate of drug-likeness (QED) is 0.755. The summed E-state index contributed by atoms with van der Waals surface area (Å²) in [7, 11) is -3.86. The Morgan fingerprint density at radius 2 is 2.00 bits per heavy atom. The van der Waals surface area contributed by atoms with Crippen molar-refractivity contribution in [1.82, 2.24) is 4.31 Å². The van der Waals surface area contributed by atoms with Crippen molar-refractivity contribution in [3.8, 4) is 0 Å². The van der Waals surface area contributed by atoms with Crippen LogP contribution in [-0.2, 0) is 10.0 Å². The van der Waals surface area contributed by atoms with Gasteiger partial charge in [0, 0.05) is 13.1 Å². The molecule has 0 atom stereocenters. The third-order valence-electron chi connectivity index (χ3n) is 2.92. The Kier molecular flexibility index (Phi) is 6.60. The summed E-state index contributed by atoms with van der Waals surface area (Å²) >= 11 is 5.74. The smallest absolute Gasteiger partial charge is 0.337 e. The minimum Gasteiger partial charge on any atom is -0.478 e. The first kappa shape index (κ1) is 17.9. The number of unbranched alkanes of at least 4 members (excludes halogenated alkanes) is 1. The van der Waals surface area contributed by atoms with Gasteiger partial charge < -0.3 is 10.2 Å². The molecule has 118 valence electrons. The molecule has 0 radical (unpaired) electrons. The monoisotopic (exact) mass is 335 g/mol. The standard InChI is InChI=1S/C13H18ClNO5S/c1-2-3-6-15(7-8-16)21(19,20)10-4-5-12(14)11(9-10)13(17)18/h4-5,9,16H,2-3,6-8H2,1H3,(H,17,18). The molecule has 0 spiro atoms. The molecule has 0 saturated carbocycles. The van der Waals surface area contributed by atoms with E-state index in [1.54, 1.807) is 0 Å². The highest BCUT2D eigenvalue weighted by Crippen LogP contribution is 2.23. The maximum absolute atomic E-state index is 12.5. The molecule has 0 aromatic heterocycles. The first-order valence-electron chi connectivity index (χ1n) is 6.48. The Morgan fingerprint density at radius 1 is 1.33 bits per heavy atom. The molecule has 21 heavy (non-hydrogen) atoms. The number of rotatable bonds is 8. The van der Waals surface area contributed by atoms with Crippen molar-refractivity contribution in [2.45, 2.75) is 24.7 Å². The minimum absolute atomic E-state index is 0.0243. The molecule has 0 unspecified atom stereocenters. The number of benzene rings is 1. The Labute approximate surface area is 129 Å². The number of carboxylic acid groups (broad SMARTS) is 1. The molecule has 0 heterocycles. The summed E-state index contributed by atoms with van der Waals surface area (Å²) in [5.74, 6) is -1.29. The van der Waals surface area contributed by atoms with Gasteiger partial charge in [0.15, 0.2) is 0 Å². The van der Waals surface area contributed by atoms with Gasteiger partial charge >= 0.3 is 5.97 Å². The normalized spacial score (nSPS) is 11.8. The van der Waals surface area contributed by atoms with Crippen LogP contribution in [-0.4, -0.2) is 48.6 Å². The number of halogens is 1. The zero-order valence-electron chi connectivity index (χ0n) is 11.6. The fourth-order valence-corrected chi connectivity index (χ4v) is 3.47. The zero-order chi connectivity index (χ0) is 16.0. The second kappa shape index (κ2) is 7.74. The summed E-state index contributed by atoms with van der Waals surface area (Å²) in [4.78, 5) is 10.9. The van der Waals surface area contributed by atoms with Gasteiger partial charge in [0.05, 0.1) is 22.1 Å². The molecule has 1 rings (SSSR count). The zero-order valence-corrected chi connectivity index (χ0v) is 13.2. The second-order valence-electron chi connectivity index (χ2n) is 4.43. The number of nitrogens with zero attached hydrogens (tertiary/aromatic N) is 1. The highest BCUT2D eigenvalue weighted by atomic mass is 35.5. The summed E-state index contributed by atoms with van der Waals surface area (Å²) in [5.41, 5.74) is -0.266. The molecule has 1 aromatic carbocycles. The number of carbonyl (C=O) groups is 1. The van der Waals surface area contributed by atoms with Gasteiger partial charge in [-0.2, -0.15) is 4.31 Å². The van der Waals surface area contributed by atoms with Crippen LogP contribution in [0.15, 0.2) is 23.1 Å². The number of hydrogen-bond donors (Lipinski definition) is 2. The Balaban J connectivity index is 3.21. The van der Waals surface area contributed by atoms with Crippen molar-refractivity contribution in [2.75, 3.05) is 19.7 Å². The lowest BCUT2D eigenvalue weighted by atomic mass is 10.2. The Bertz CT molecular complexity index is 603. The van der Waals surface area contributed by atoms with Gasteiger partial charge in [0.25, 0.3) is 0 Å². The van der Waals surface area contributed by atoms with Crippen LogP contribution < -0.4 is 0 Å². The number of hydrogen-bond acceptors (Lipinski definition) is 4. The lowest BCUT2D eigenvalue weighted by molar-refractivity contribution is 0.0697. The summed E-state index contributed by atoms with van der Waals surface area (Å²) in [6, 6.07) is 3.55. The van der Waals surface area contributed by atoms with E-state index in [2.05, 4.69) is 0 Å². The number of aromatic carboxylic acids is 1. The van der Waals surface area contributed by atoms with Crippen LogP contribution in [0.2, 0.25) is 5.02 Å². The van der Waals surface area contributed by atoms with E-state index < -0.39 is 16.0 Å². The van der Waals surface area contributed by atoms with Gasteiger partial charge in [-0.1, -0.05) is 24.9 Å². The maximum Gasteiger partial charge on any atom is 0.337 e. The number of carboxylic acids is 1. The highest BCUT2D eigenvalue weighted by molar-refractivity contribution is 7.89. The van der Waals surface area contributed by atoms with Crippen LogP contribution in [0.4, 0.5) is 0 Å². The third-order valence-corrected chi connectivity index (χ3v) is 5.14. The average Bonchev–Trinajstić information content (AvgIpc) is 2.43. The highest BCUT2D eigenvalue weighted by Gasteiger charge is 2.25. The topological polar surface area (TPSA) is 94.9 Å². The molecule has 0 saturated heterocycles. The molecule has 0 bridgehead atoms. The van der Waals surface area contributed by atoms with Gasteiger partial charge in [-0.15, -0.1) is 0 Å². The van der Waals surface area contributed by atoms with E-state index in [0.717, 1.165) is 16.8 Å². The summed E-state index contributed by atoms with van der Waals surface area (Å²) in [5, 5.41) is 18.0. The second-order valence-corrected chi connectivity index (χ2v) is 6.77. The number of aliphatic hydroxyl groups excluding tert-OH is 1. The molecule has 0 aliphatic carbocycles. The molecule has 2 N–H and O–H groups in total. The van der Waals surface area contributed by atoms with E-state index in [9.17, 15) is 13.2 Å². The van der Waals surface area contributed by atoms with E-state index >= 15 is 0 Å². The van der Waals surface area contributed by atoms with E-state index in [1.165, 1.54) is 12.1 Å². The third kappa shape index (κ3) is 4.41. The average molecular weight is 336 g/mol. The van der Waals surface area contributed by atoms with Gasteiger partial charge in [-0.05, 0) is 24.6 Å². The van der Waals surface area contributed by atoms with Crippen LogP contribution >= 0.6 is 11.6 Å². The van der Waals surface area contributed by atoms with E-state index in [-0.39, 0.29) is 35.2 Å². The van der Waals surface area contributed by atoms with Gasteiger partial charge in [0.1, 0.15) is 0 Å². The van der Waals surface area contributed by atoms with Crippen molar-refractivity contribution in [2.24, 2.45) is 0 Å². The van der Waals surface area contributed by atoms with E-state index in [1.807, 2.05) is 6.92 Å². The number of aliphatic hydroxyl groups is 1. The van der Waals surface area contributed by atoms with Crippen LogP contribution in [0.5, 0.6) is 0 Å². The van der Waals surface area contributed by atoms with Crippen molar-refractivity contribution in [3.05, 3.63) is 28.8 Å². The minimum atomic E-state index is -3.86. The first-order chi connectivity index (χ1) is 9.84. The molecular weight excluding hydrogens is 318 g/mol. The van der Waals surface area contributed by atoms with Crippen molar-refractivity contribution in [3.63, 3.8) is 0 Å². The van der Waals surface area contributed by atoms with Crippen molar-refractivity contribution >= 4 is 27.6 Å². The molecule has 0 aliphatic rings. The molecule has 0 aliphatic heterocycles. The SMILES string of the molecule is CCCCN(CCO)S(=O)(=O)c1ccc(Cl)c(C(=O)O)c1. The fraction of sp³-hybridized carbons (Fsp3) is 0.462. The van der Waals surface area contributed by atoms with Gasteiger partial charge in [-0.3, -0.25) is 0 Å². The summed E-state index contributed by atoms with van der Waals surface area (Å²) in [6.07, 6.45) is 1.46. The summed E-state index contributed by atoms with van der Waals surface area (Å²) in [6.45, 7) is 1.86. The van der Waals surface area contributed by atoms with Gasteiger partial charge in [-0.25, -0.2) is 13.2 Å². The van der Waals surface area contributed by atoms with E-state index in [4.69, 9.17) is 21.8 Å². The van der Waals surface area contributed by atoms with Crippen LogP contribution in [0, 0.1) is 0 Å². The van der Waals surface area contributed by atoms with E-state index in [0.29, 0.717) is 6.42 Å². The maximum atomic E-state index is 12.5. The van der Waals surface area contributed by atoms with Crippen molar-refractivity contribution in [1.29, 1.82) is 0 Å². The lowest BCUT2D eigenvalue weighted by Gasteiger charge is -2.21. The number of sulfonamides is 1. The van der Waals surface area contributed by atoms with Crippen LogP contribution in [0.3, 0.4) is 0 Å². The molecular formula is C13H18ClNO5S. The molecule has 1 aromatic rings. The van der Waals surface area contributed by atoms with Gasteiger partial charge in [0.2, 0.25) is 10.0 Å². The van der Waals surface area contributed by atoms with Crippen molar-refractivity contribution < 1.29 is 23.4 Å². The Hall–Kier alpha value is -1.15. The van der Waals surface area contributed by atoms with Crippen LogP contribution in [0.25, 0.3) is 0 Å². The van der Waals surface area contributed by atoms with Crippen LogP contribution in [0.1, 0.15) is 30.1 Å². The lowest BCUT2D eigenvalue weighted by Crippen LogP contribution is -2.34. The summed E-state index contributed by atoms with van der Waals surface area (Å²) < 4.78 is 26.1. The molecule has 6 nitrogen and oxygen atoms in total. The predicted octanol–water partition coefficient (Wildman–Crippen LogP) is 1.82. The Morgan fingerprint density at radius 3 is 2.52 bits per heavy atom. The molecule has 0 amide bonds.